The minimum absolute atomic E-state index is 0.00712. The van der Waals surface area contributed by atoms with Crippen molar-refractivity contribution in [3.63, 3.8) is 0 Å². The molecule has 1 atom stereocenters. The maximum absolute atomic E-state index is 12.5. The van der Waals surface area contributed by atoms with Crippen molar-refractivity contribution in [1.82, 2.24) is 0 Å². The van der Waals surface area contributed by atoms with Gasteiger partial charge in [-0.3, -0.25) is 9.79 Å². The summed E-state index contributed by atoms with van der Waals surface area (Å²) in [6, 6.07) is 26.0. The van der Waals surface area contributed by atoms with Crippen molar-refractivity contribution in [2.45, 2.75) is 18.6 Å². The number of hydrogen-bond acceptors (Lipinski definition) is 4. The Bertz CT molecular complexity index is 1050. The summed E-state index contributed by atoms with van der Waals surface area (Å²) in [5.41, 5.74) is 4.98. The number of rotatable bonds is 6. The third-order valence-corrected chi connectivity index (χ3v) is 6.31. The molecule has 3 aromatic rings. The first-order chi connectivity index (χ1) is 14.7. The van der Waals surface area contributed by atoms with Crippen molar-refractivity contribution in [3.8, 4) is 11.1 Å². The van der Waals surface area contributed by atoms with E-state index in [0.29, 0.717) is 10.8 Å². The minimum atomic E-state index is -0.00712. The van der Waals surface area contributed by atoms with Crippen LogP contribution in [0.5, 0.6) is 0 Å². The Morgan fingerprint density at radius 1 is 1.00 bits per heavy atom. The molecule has 0 radical (unpaired) electrons. The summed E-state index contributed by atoms with van der Waals surface area (Å²) in [5.74, 6) is -0.00712. The first-order valence-electron chi connectivity index (χ1n) is 10.2. The average Bonchev–Trinajstić information content (AvgIpc) is 3.26. The van der Waals surface area contributed by atoms with E-state index in [9.17, 15) is 4.79 Å². The Labute approximate surface area is 181 Å². The normalized spacial score (nSPS) is 15.9. The predicted octanol–water partition coefficient (Wildman–Crippen LogP) is 6.54. The first-order valence-corrected chi connectivity index (χ1v) is 11.1. The lowest BCUT2D eigenvalue weighted by atomic mass is 10.0. The number of thioether (sulfide) groups is 1. The fourth-order valence-corrected chi connectivity index (χ4v) is 4.18. The second-order valence-electron chi connectivity index (χ2n) is 7.18. The lowest BCUT2D eigenvalue weighted by molar-refractivity contribution is 0.104. The van der Waals surface area contributed by atoms with E-state index in [1.807, 2.05) is 60.7 Å². The van der Waals surface area contributed by atoms with Crippen molar-refractivity contribution < 1.29 is 4.79 Å². The molecule has 1 aliphatic rings. The molecule has 0 amide bonds. The van der Waals surface area contributed by atoms with Crippen LogP contribution in [-0.2, 0) is 0 Å². The number of anilines is 1. The molecule has 0 fully saturated rings. The molecule has 150 valence electrons. The van der Waals surface area contributed by atoms with Crippen LogP contribution in [0.25, 0.3) is 17.2 Å². The summed E-state index contributed by atoms with van der Waals surface area (Å²) in [6.07, 6.45) is 4.61. The highest BCUT2D eigenvalue weighted by atomic mass is 32.2. The maximum Gasteiger partial charge on any atom is 0.185 e. The van der Waals surface area contributed by atoms with Crippen LogP contribution in [0, 0.1) is 0 Å². The molecule has 1 N–H and O–H groups in total. The summed E-state index contributed by atoms with van der Waals surface area (Å²) < 4.78 is 0. The van der Waals surface area contributed by atoms with Gasteiger partial charge in [-0.2, -0.15) is 0 Å². The minimum Gasteiger partial charge on any atom is -0.335 e. The number of benzene rings is 3. The van der Waals surface area contributed by atoms with Gasteiger partial charge >= 0.3 is 0 Å². The first kappa shape index (κ1) is 20.2. The zero-order valence-corrected chi connectivity index (χ0v) is 17.7. The molecular weight excluding hydrogens is 388 g/mol. The molecule has 0 spiro atoms. The van der Waals surface area contributed by atoms with Gasteiger partial charge in [-0.1, -0.05) is 79.4 Å². The highest BCUT2D eigenvalue weighted by Gasteiger charge is 2.17. The highest BCUT2D eigenvalue weighted by molar-refractivity contribution is 8.15. The van der Waals surface area contributed by atoms with E-state index in [-0.39, 0.29) is 5.78 Å². The largest absolute Gasteiger partial charge is 0.335 e. The Morgan fingerprint density at radius 2 is 1.70 bits per heavy atom. The monoisotopic (exact) mass is 412 g/mol. The quantitative estimate of drug-likeness (QED) is 0.369. The standard InChI is InChI=1S/C26H24N2OS/c1-2-24-18-27-26(30-24)28-23-15-13-22(14-16-23)25(29)17-10-19-8-11-21(12-9-19)20-6-4-3-5-7-20/h3-17,24H,2,18H2,1H3,(H,27,28). The van der Waals surface area contributed by atoms with Gasteiger partial charge in [0.2, 0.25) is 0 Å². The molecule has 0 saturated heterocycles. The summed E-state index contributed by atoms with van der Waals surface area (Å²) in [7, 11) is 0. The van der Waals surface area contributed by atoms with Crippen molar-refractivity contribution in [3.05, 3.63) is 96.1 Å². The maximum atomic E-state index is 12.5. The summed E-state index contributed by atoms with van der Waals surface area (Å²) in [4.78, 5) is 17.0. The molecule has 1 heterocycles. The van der Waals surface area contributed by atoms with Gasteiger partial charge in [0.1, 0.15) is 0 Å². The number of allylic oxidation sites excluding steroid dienone is 1. The molecule has 0 bridgehead atoms. The molecule has 1 aliphatic heterocycles. The Morgan fingerprint density at radius 3 is 2.37 bits per heavy atom. The van der Waals surface area contributed by atoms with Crippen LogP contribution in [0.2, 0.25) is 0 Å². The van der Waals surface area contributed by atoms with E-state index in [4.69, 9.17) is 0 Å². The number of carbonyl (C=O) groups is 1. The number of aliphatic imine (C=N–C) groups is 1. The van der Waals surface area contributed by atoms with E-state index in [1.54, 1.807) is 17.8 Å². The van der Waals surface area contributed by atoms with E-state index in [2.05, 4.69) is 41.5 Å². The van der Waals surface area contributed by atoms with Crippen LogP contribution < -0.4 is 5.32 Å². The van der Waals surface area contributed by atoms with Crippen LogP contribution in [0.4, 0.5) is 5.69 Å². The van der Waals surface area contributed by atoms with Gasteiger partial charge in [0, 0.05) is 16.5 Å². The van der Waals surface area contributed by atoms with Gasteiger partial charge in [-0.15, -0.1) is 0 Å². The molecule has 0 aromatic heterocycles. The number of hydrogen-bond donors (Lipinski definition) is 1. The average molecular weight is 413 g/mol. The smallest absolute Gasteiger partial charge is 0.185 e. The van der Waals surface area contributed by atoms with Gasteiger partial charge in [-0.05, 0) is 53.5 Å². The predicted molar refractivity (Wildman–Crippen MR) is 129 cm³/mol. The van der Waals surface area contributed by atoms with Crippen molar-refractivity contribution >= 4 is 34.5 Å². The van der Waals surface area contributed by atoms with Crippen LogP contribution >= 0.6 is 11.8 Å². The second kappa shape index (κ2) is 9.59. The van der Waals surface area contributed by atoms with E-state index in [0.717, 1.165) is 34.9 Å². The summed E-state index contributed by atoms with van der Waals surface area (Å²) >= 11 is 1.78. The second-order valence-corrected chi connectivity index (χ2v) is 8.47. The molecule has 3 nitrogen and oxygen atoms in total. The van der Waals surface area contributed by atoms with Crippen LogP contribution in [-0.4, -0.2) is 22.7 Å². The highest BCUT2D eigenvalue weighted by Crippen LogP contribution is 2.25. The van der Waals surface area contributed by atoms with E-state index in [1.165, 1.54) is 5.56 Å². The molecule has 30 heavy (non-hydrogen) atoms. The summed E-state index contributed by atoms with van der Waals surface area (Å²) in [5, 5.41) is 4.86. The fourth-order valence-electron chi connectivity index (χ4n) is 3.23. The van der Waals surface area contributed by atoms with E-state index >= 15 is 0 Å². The number of ketones is 1. The van der Waals surface area contributed by atoms with Crippen molar-refractivity contribution in [2.75, 3.05) is 11.9 Å². The SMILES string of the molecule is CCC1CN=C(Nc2ccc(C(=O)C=Cc3ccc(-c4ccccc4)cc3)cc2)S1. The van der Waals surface area contributed by atoms with Gasteiger partial charge in [0.05, 0.1) is 6.54 Å². The van der Waals surface area contributed by atoms with Gasteiger partial charge in [-0.25, -0.2) is 0 Å². The number of amidine groups is 1. The van der Waals surface area contributed by atoms with Crippen LogP contribution in [0.1, 0.15) is 29.3 Å². The Kier molecular flexibility index (Phi) is 6.45. The number of nitrogens with zero attached hydrogens (tertiary/aromatic N) is 1. The number of carbonyl (C=O) groups excluding carboxylic acids is 1. The van der Waals surface area contributed by atoms with Gasteiger partial charge < -0.3 is 5.32 Å². The Hall–Kier alpha value is -3.11. The van der Waals surface area contributed by atoms with Crippen molar-refractivity contribution in [2.24, 2.45) is 4.99 Å². The Balaban J connectivity index is 1.36. The van der Waals surface area contributed by atoms with Crippen molar-refractivity contribution in [1.29, 1.82) is 0 Å². The topological polar surface area (TPSA) is 41.5 Å². The third-order valence-electron chi connectivity index (χ3n) is 5.04. The van der Waals surface area contributed by atoms with Gasteiger partial charge in [0.25, 0.3) is 0 Å². The third kappa shape index (κ3) is 5.08. The van der Waals surface area contributed by atoms with Gasteiger partial charge in [0.15, 0.2) is 11.0 Å². The molecule has 0 saturated carbocycles. The lowest BCUT2D eigenvalue weighted by Crippen LogP contribution is -2.07. The summed E-state index contributed by atoms with van der Waals surface area (Å²) in [6.45, 7) is 3.05. The molecule has 4 heteroatoms. The van der Waals surface area contributed by atoms with Crippen LogP contribution in [0.3, 0.4) is 0 Å². The zero-order chi connectivity index (χ0) is 20.8. The molecule has 4 rings (SSSR count). The molecule has 3 aromatic carbocycles. The zero-order valence-electron chi connectivity index (χ0n) is 16.9. The molecule has 1 unspecified atom stereocenters. The number of nitrogens with one attached hydrogen (secondary N) is 1. The molecular formula is C26H24N2OS. The lowest BCUT2D eigenvalue weighted by Gasteiger charge is -2.07. The molecule has 0 aliphatic carbocycles. The fraction of sp³-hybridized carbons (Fsp3) is 0.154. The van der Waals surface area contributed by atoms with Crippen LogP contribution in [0.15, 0.2) is 89.9 Å². The van der Waals surface area contributed by atoms with E-state index < -0.39 is 0 Å².